The van der Waals surface area contributed by atoms with Crippen LogP contribution in [0.4, 0.5) is 13.2 Å². The highest BCUT2D eigenvalue weighted by atomic mass is 19.4. The van der Waals surface area contributed by atoms with E-state index >= 15 is 0 Å². The van der Waals surface area contributed by atoms with Crippen molar-refractivity contribution in [3.63, 3.8) is 0 Å². The smallest absolute Gasteiger partial charge is 0.338 e. The summed E-state index contributed by atoms with van der Waals surface area (Å²) < 4.78 is 45.9. The van der Waals surface area contributed by atoms with E-state index in [1.807, 2.05) is 6.92 Å². The predicted octanol–water partition coefficient (Wildman–Crippen LogP) is 2.12. The SMILES string of the molecule is Cc1noc(C2(C(F)(F)F)CCN(Cc3cn[nH]c3C)C2)n1. The quantitative estimate of drug-likeness (QED) is 0.939. The summed E-state index contributed by atoms with van der Waals surface area (Å²) in [5, 5.41) is 10.2. The first-order valence-electron chi connectivity index (χ1n) is 6.90. The van der Waals surface area contributed by atoms with Gasteiger partial charge in [-0.25, -0.2) is 0 Å². The highest BCUT2D eigenvalue weighted by Crippen LogP contribution is 2.47. The molecule has 0 spiro atoms. The number of halogens is 3. The van der Waals surface area contributed by atoms with Crippen LogP contribution >= 0.6 is 0 Å². The van der Waals surface area contributed by atoms with Crippen molar-refractivity contribution < 1.29 is 17.7 Å². The Morgan fingerprint density at radius 2 is 2.18 bits per heavy atom. The molecule has 2 aromatic heterocycles. The number of aromatic nitrogens is 4. The van der Waals surface area contributed by atoms with Gasteiger partial charge in [-0.15, -0.1) is 0 Å². The average Bonchev–Trinajstić information content (AvgIpc) is 3.11. The fraction of sp³-hybridized carbons (Fsp3) is 0.615. The van der Waals surface area contributed by atoms with Gasteiger partial charge >= 0.3 is 6.18 Å². The molecule has 120 valence electrons. The molecule has 1 fully saturated rings. The van der Waals surface area contributed by atoms with Gasteiger partial charge in [-0.3, -0.25) is 10.00 Å². The van der Waals surface area contributed by atoms with Crippen molar-refractivity contribution in [3.8, 4) is 0 Å². The van der Waals surface area contributed by atoms with Crippen molar-refractivity contribution in [1.82, 2.24) is 25.2 Å². The molecule has 1 N–H and O–H groups in total. The minimum atomic E-state index is -4.44. The molecule has 1 atom stereocenters. The van der Waals surface area contributed by atoms with Gasteiger partial charge < -0.3 is 4.52 Å². The highest BCUT2D eigenvalue weighted by molar-refractivity contribution is 5.18. The molecule has 3 heterocycles. The van der Waals surface area contributed by atoms with Crippen LogP contribution < -0.4 is 0 Å². The first-order valence-corrected chi connectivity index (χ1v) is 6.90. The topological polar surface area (TPSA) is 70.8 Å². The van der Waals surface area contributed by atoms with Gasteiger partial charge in [0.05, 0.1) is 6.20 Å². The lowest BCUT2D eigenvalue weighted by Gasteiger charge is -2.28. The Morgan fingerprint density at radius 3 is 2.73 bits per heavy atom. The molecule has 3 rings (SSSR count). The normalized spacial score (nSPS) is 23.3. The summed E-state index contributed by atoms with van der Waals surface area (Å²) in [5.74, 6) is -0.133. The second kappa shape index (κ2) is 5.08. The van der Waals surface area contributed by atoms with Crippen molar-refractivity contribution in [2.45, 2.75) is 38.4 Å². The molecule has 0 saturated carbocycles. The van der Waals surface area contributed by atoms with Crippen LogP contribution in [-0.4, -0.2) is 44.5 Å². The average molecular weight is 315 g/mol. The summed E-state index contributed by atoms with van der Waals surface area (Å²) in [6.07, 6.45) is -2.89. The molecule has 0 radical (unpaired) electrons. The maximum atomic E-state index is 13.7. The van der Waals surface area contributed by atoms with Crippen molar-refractivity contribution in [2.75, 3.05) is 13.1 Å². The van der Waals surface area contributed by atoms with Crippen LogP contribution in [0.25, 0.3) is 0 Å². The molecular formula is C13H16F3N5O. The van der Waals surface area contributed by atoms with Gasteiger partial charge in [-0.2, -0.15) is 23.3 Å². The standard InChI is InChI=1S/C13H16F3N5O/c1-8-10(5-17-19-8)6-21-4-3-12(7-21,13(14,15)16)11-18-9(2)20-22-11/h5H,3-4,6-7H2,1-2H3,(H,17,19). The number of hydrogen-bond acceptors (Lipinski definition) is 5. The van der Waals surface area contributed by atoms with Crippen LogP contribution in [0.2, 0.25) is 0 Å². The first-order chi connectivity index (χ1) is 10.3. The van der Waals surface area contributed by atoms with E-state index in [1.165, 1.54) is 6.92 Å². The number of aromatic amines is 1. The molecule has 6 nitrogen and oxygen atoms in total. The van der Waals surface area contributed by atoms with Gasteiger partial charge in [0.1, 0.15) is 0 Å². The molecule has 1 aliphatic rings. The van der Waals surface area contributed by atoms with E-state index < -0.39 is 11.6 Å². The molecule has 1 unspecified atom stereocenters. The largest absolute Gasteiger partial charge is 0.404 e. The molecule has 22 heavy (non-hydrogen) atoms. The second-order valence-electron chi connectivity index (χ2n) is 5.71. The third-order valence-corrected chi connectivity index (χ3v) is 4.16. The lowest BCUT2D eigenvalue weighted by atomic mass is 9.86. The third-order valence-electron chi connectivity index (χ3n) is 4.16. The van der Waals surface area contributed by atoms with Crippen molar-refractivity contribution >= 4 is 0 Å². The molecule has 1 aliphatic heterocycles. The van der Waals surface area contributed by atoms with Gasteiger partial charge in [0.15, 0.2) is 11.2 Å². The Bertz CT molecular complexity index is 665. The van der Waals surface area contributed by atoms with Gasteiger partial charge in [-0.1, -0.05) is 5.16 Å². The van der Waals surface area contributed by atoms with Gasteiger partial charge in [0, 0.05) is 24.3 Å². The Labute approximate surface area is 124 Å². The van der Waals surface area contributed by atoms with E-state index in [4.69, 9.17) is 4.52 Å². The zero-order valence-corrected chi connectivity index (χ0v) is 12.2. The van der Waals surface area contributed by atoms with Crippen molar-refractivity contribution in [2.24, 2.45) is 0 Å². The number of likely N-dealkylation sites (tertiary alicyclic amines) is 1. The van der Waals surface area contributed by atoms with Crippen LogP contribution in [0.3, 0.4) is 0 Å². The summed E-state index contributed by atoms with van der Waals surface area (Å²) in [7, 11) is 0. The number of alkyl halides is 3. The highest BCUT2D eigenvalue weighted by Gasteiger charge is 2.62. The number of nitrogens with zero attached hydrogens (tertiary/aromatic N) is 4. The lowest BCUT2D eigenvalue weighted by Crippen LogP contribution is -2.45. The molecule has 0 bridgehead atoms. The summed E-state index contributed by atoms with van der Waals surface area (Å²) in [5.41, 5.74) is -0.343. The minimum Gasteiger partial charge on any atom is -0.338 e. The summed E-state index contributed by atoms with van der Waals surface area (Å²) in [4.78, 5) is 5.58. The van der Waals surface area contributed by atoms with Crippen molar-refractivity contribution in [1.29, 1.82) is 0 Å². The molecule has 0 amide bonds. The van der Waals surface area contributed by atoms with Crippen LogP contribution in [0, 0.1) is 13.8 Å². The summed E-state index contributed by atoms with van der Waals surface area (Å²) in [6, 6.07) is 0. The summed E-state index contributed by atoms with van der Waals surface area (Å²) in [6.45, 7) is 3.89. The van der Waals surface area contributed by atoms with E-state index in [9.17, 15) is 13.2 Å². The van der Waals surface area contributed by atoms with E-state index in [0.29, 0.717) is 13.1 Å². The molecule has 2 aromatic rings. The van der Waals surface area contributed by atoms with Crippen LogP contribution in [-0.2, 0) is 12.0 Å². The van der Waals surface area contributed by atoms with Crippen molar-refractivity contribution in [3.05, 3.63) is 29.2 Å². The second-order valence-corrected chi connectivity index (χ2v) is 5.71. The third kappa shape index (κ3) is 2.39. The zero-order valence-electron chi connectivity index (χ0n) is 12.2. The van der Waals surface area contributed by atoms with Gasteiger partial charge in [0.2, 0.25) is 5.89 Å². The van der Waals surface area contributed by atoms with E-state index in [-0.39, 0.29) is 24.7 Å². The van der Waals surface area contributed by atoms with E-state index in [0.717, 1.165) is 11.3 Å². The Hall–Kier alpha value is -1.90. The Balaban J connectivity index is 1.86. The molecular weight excluding hydrogens is 299 g/mol. The molecule has 0 aromatic carbocycles. The van der Waals surface area contributed by atoms with Crippen LogP contribution in [0.15, 0.2) is 10.7 Å². The molecule has 9 heteroatoms. The minimum absolute atomic E-state index is 0.0883. The fourth-order valence-corrected chi connectivity index (χ4v) is 2.82. The zero-order chi connectivity index (χ0) is 16.0. The number of H-pyrrole nitrogens is 1. The molecule has 1 saturated heterocycles. The lowest BCUT2D eigenvalue weighted by molar-refractivity contribution is -0.193. The van der Waals surface area contributed by atoms with Crippen LogP contribution in [0.5, 0.6) is 0 Å². The van der Waals surface area contributed by atoms with E-state index in [2.05, 4.69) is 20.3 Å². The predicted molar refractivity (Wildman–Crippen MR) is 70.0 cm³/mol. The summed E-state index contributed by atoms with van der Waals surface area (Å²) >= 11 is 0. The number of aryl methyl sites for hydroxylation is 2. The fourth-order valence-electron chi connectivity index (χ4n) is 2.82. The Morgan fingerprint density at radius 1 is 1.41 bits per heavy atom. The number of hydrogen-bond donors (Lipinski definition) is 1. The maximum absolute atomic E-state index is 13.7. The monoisotopic (exact) mass is 315 g/mol. The maximum Gasteiger partial charge on any atom is 0.404 e. The van der Waals surface area contributed by atoms with E-state index in [1.54, 1.807) is 11.1 Å². The van der Waals surface area contributed by atoms with Crippen LogP contribution in [0.1, 0.15) is 29.4 Å². The Kier molecular flexibility index (Phi) is 3.47. The van der Waals surface area contributed by atoms with Gasteiger partial charge in [0.25, 0.3) is 0 Å². The first kappa shape index (κ1) is 15.0. The van der Waals surface area contributed by atoms with Gasteiger partial charge in [-0.05, 0) is 26.8 Å². The number of rotatable bonds is 3. The number of nitrogens with one attached hydrogen (secondary N) is 1. The molecule has 0 aliphatic carbocycles.